The van der Waals surface area contributed by atoms with Crippen molar-refractivity contribution in [2.45, 2.75) is 11.8 Å². The third-order valence-electron chi connectivity index (χ3n) is 2.72. The van der Waals surface area contributed by atoms with Crippen LogP contribution in [-0.2, 0) is 9.37 Å². The number of carboxylic acids is 1. The minimum absolute atomic E-state index is 0. The maximum absolute atomic E-state index is 10.9. The molecule has 0 spiro atoms. The van der Waals surface area contributed by atoms with Gasteiger partial charge in [0.2, 0.25) is 0 Å². The number of phenols is 1. The molecule has 9 heteroatoms. The average molecular weight is 326 g/mol. The number of carbonyl (C=O) groups is 1. The molecule has 2 rings (SSSR count). The number of benzene rings is 2. The van der Waals surface area contributed by atoms with Crippen LogP contribution < -0.4 is 69.5 Å². The van der Waals surface area contributed by atoms with Gasteiger partial charge in [-0.15, -0.1) is 0 Å². The Balaban J connectivity index is 0.00000200. The normalized spacial score (nSPS) is 9.81. The van der Waals surface area contributed by atoms with Crippen molar-refractivity contribution in [2.24, 2.45) is 0 Å². The second-order valence-electron chi connectivity index (χ2n) is 3.76. The Morgan fingerprint density at radius 3 is 2.57 bits per heavy atom. The van der Waals surface area contributed by atoms with Gasteiger partial charge in [0, 0.05) is 21.4 Å². The van der Waals surface area contributed by atoms with E-state index in [1.165, 1.54) is 6.07 Å². The summed E-state index contributed by atoms with van der Waals surface area (Å²) in [5, 5.41) is 35.0. The van der Waals surface area contributed by atoms with Crippen LogP contribution in [0, 0.1) is 6.92 Å². The van der Waals surface area contributed by atoms with Crippen LogP contribution in [0.3, 0.4) is 0 Å². The number of aryl methyl sites for hydroxylation is 1. The third-order valence-corrected chi connectivity index (χ3v) is 3.36. The van der Waals surface area contributed by atoms with E-state index in [0.717, 1.165) is 0 Å². The van der Waals surface area contributed by atoms with Gasteiger partial charge >= 0.3 is 59.1 Å². The summed E-state index contributed by atoms with van der Waals surface area (Å²) in [6, 6.07) is 6.29. The summed E-state index contributed by atoms with van der Waals surface area (Å²) in [6.45, 7) is 1.56. The van der Waals surface area contributed by atoms with Crippen LogP contribution in [0.1, 0.15) is 15.9 Å². The molecular formula is C12H8Na2O6S. The van der Waals surface area contributed by atoms with Gasteiger partial charge in [0.1, 0.15) is 5.75 Å². The first-order chi connectivity index (χ1) is 9.06. The van der Waals surface area contributed by atoms with Gasteiger partial charge in [-0.2, -0.15) is 4.33 Å². The van der Waals surface area contributed by atoms with Crippen molar-refractivity contribution in [1.82, 2.24) is 0 Å². The largest absolute Gasteiger partial charge is 1.00 e. The molecule has 0 amide bonds. The molecule has 0 aliphatic heterocycles. The molecule has 2 aromatic carbocycles. The molecule has 0 aromatic heterocycles. The fraction of sp³-hybridized carbons (Fsp3) is 0.0833. The average Bonchev–Trinajstić information content (AvgIpc) is 2.39. The molecule has 21 heavy (non-hydrogen) atoms. The van der Waals surface area contributed by atoms with Crippen LogP contribution in [0.4, 0.5) is 0 Å². The van der Waals surface area contributed by atoms with Crippen molar-refractivity contribution < 1.29 is 88.8 Å². The number of aromatic carboxylic acids is 1. The molecule has 0 radical (unpaired) electrons. The van der Waals surface area contributed by atoms with Crippen molar-refractivity contribution in [3.63, 3.8) is 0 Å². The number of hydrogen-bond acceptors (Lipinski definition) is 7. The number of fused-ring (bicyclic) bond motifs is 1. The number of aromatic hydroxyl groups is 1. The standard InChI is InChI=1S/C12H10O6S.2Na/c1-6-10-7(5-8(11(6)13)12(14)15)3-2-4-9(10)19-18-17-16;;/h2-5,13,16H,1H3,(H,14,15);;/q;2*+1/p-2. The maximum atomic E-state index is 10.9. The zero-order chi connectivity index (χ0) is 14.0. The minimum Gasteiger partial charge on any atom is -0.691 e. The van der Waals surface area contributed by atoms with E-state index in [1.54, 1.807) is 25.1 Å². The summed E-state index contributed by atoms with van der Waals surface area (Å²) < 4.78 is 4.25. The maximum Gasteiger partial charge on any atom is 1.00 e. The molecule has 0 bridgehead atoms. The summed E-state index contributed by atoms with van der Waals surface area (Å²) >= 11 is 0.678. The Hall–Kier alpha value is 0.200. The Morgan fingerprint density at radius 1 is 1.33 bits per heavy atom. The molecule has 100 valence electrons. The number of carboxylic acid groups (broad SMARTS) is 1. The summed E-state index contributed by atoms with van der Waals surface area (Å²) in [4.78, 5) is 11.4. The van der Waals surface area contributed by atoms with Gasteiger partial charge in [0.25, 0.3) is 0 Å². The Morgan fingerprint density at radius 2 is 2.00 bits per heavy atom. The fourth-order valence-corrected chi connectivity index (χ4v) is 2.48. The van der Waals surface area contributed by atoms with Crippen molar-refractivity contribution >= 4 is 28.8 Å². The SMILES string of the molecule is Cc1c(O)c(C(=O)[O-])cc2cccc(SOO[O-])c12.[Na+].[Na+]. The summed E-state index contributed by atoms with van der Waals surface area (Å²) in [5.41, 5.74) is 0.0717. The van der Waals surface area contributed by atoms with E-state index in [2.05, 4.69) is 9.37 Å². The van der Waals surface area contributed by atoms with E-state index < -0.39 is 5.97 Å². The van der Waals surface area contributed by atoms with Crippen molar-refractivity contribution in [3.8, 4) is 5.75 Å². The van der Waals surface area contributed by atoms with Gasteiger partial charge in [0.15, 0.2) is 0 Å². The minimum atomic E-state index is -1.46. The summed E-state index contributed by atoms with van der Waals surface area (Å²) in [5.74, 6) is -1.83. The predicted molar refractivity (Wildman–Crippen MR) is 62.7 cm³/mol. The van der Waals surface area contributed by atoms with Gasteiger partial charge in [-0.1, -0.05) is 12.1 Å². The molecule has 0 aliphatic carbocycles. The molecule has 0 unspecified atom stereocenters. The van der Waals surface area contributed by atoms with E-state index in [1.807, 2.05) is 0 Å². The summed E-state index contributed by atoms with van der Waals surface area (Å²) in [6.07, 6.45) is 0. The van der Waals surface area contributed by atoms with Crippen molar-refractivity contribution in [1.29, 1.82) is 0 Å². The van der Waals surface area contributed by atoms with Gasteiger partial charge in [-0.05, 0) is 24.4 Å². The molecule has 0 atom stereocenters. The van der Waals surface area contributed by atoms with E-state index in [-0.39, 0.29) is 70.4 Å². The van der Waals surface area contributed by atoms with Gasteiger partial charge in [-0.25, -0.2) is 0 Å². The second-order valence-corrected chi connectivity index (χ2v) is 4.50. The molecule has 2 aromatic rings. The molecule has 0 saturated heterocycles. The second kappa shape index (κ2) is 9.36. The Labute approximate surface area is 169 Å². The predicted octanol–water partition coefficient (Wildman–Crippen LogP) is -5.54. The van der Waals surface area contributed by atoms with E-state index >= 15 is 0 Å². The number of rotatable bonds is 4. The summed E-state index contributed by atoms with van der Waals surface area (Å²) in [7, 11) is 0. The molecule has 0 aliphatic rings. The monoisotopic (exact) mass is 326 g/mol. The van der Waals surface area contributed by atoms with Crippen LogP contribution in [0.15, 0.2) is 29.2 Å². The Kier molecular flexibility index (Phi) is 9.45. The smallest absolute Gasteiger partial charge is 0.691 e. The van der Waals surface area contributed by atoms with Crippen LogP contribution >= 0.6 is 12.0 Å². The number of hydrogen-bond donors (Lipinski definition) is 1. The molecular weight excluding hydrogens is 318 g/mol. The van der Waals surface area contributed by atoms with Gasteiger partial charge < -0.3 is 20.3 Å². The van der Waals surface area contributed by atoms with Gasteiger partial charge in [0.05, 0.1) is 18.0 Å². The Bertz CT molecular complexity index is 649. The van der Waals surface area contributed by atoms with Crippen LogP contribution in [0.2, 0.25) is 0 Å². The topological polar surface area (TPSA) is 102 Å². The molecule has 1 N–H and O–H groups in total. The fourth-order valence-electron chi connectivity index (χ4n) is 1.89. The zero-order valence-corrected chi connectivity index (χ0v) is 16.5. The number of carbonyl (C=O) groups excluding carboxylic acids is 1. The first kappa shape index (κ1) is 21.2. The quantitative estimate of drug-likeness (QED) is 0.259. The first-order valence-electron chi connectivity index (χ1n) is 5.16. The van der Waals surface area contributed by atoms with E-state index in [0.29, 0.717) is 33.3 Å². The van der Waals surface area contributed by atoms with Crippen LogP contribution in [-0.4, -0.2) is 11.1 Å². The van der Waals surface area contributed by atoms with Gasteiger partial charge in [-0.3, -0.25) is 5.04 Å². The zero-order valence-electron chi connectivity index (χ0n) is 11.7. The van der Waals surface area contributed by atoms with E-state index in [9.17, 15) is 20.3 Å². The molecule has 0 heterocycles. The van der Waals surface area contributed by atoms with Crippen LogP contribution in [0.25, 0.3) is 10.8 Å². The van der Waals surface area contributed by atoms with Crippen molar-refractivity contribution in [3.05, 3.63) is 35.4 Å². The van der Waals surface area contributed by atoms with Crippen molar-refractivity contribution in [2.75, 3.05) is 0 Å². The van der Waals surface area contributed by atoms with E-state index in [4.69, 9.17) is 0 Å². The van der Waals surface area contributed by atoms with Crippen LogP contribution in [0.5, 0.6) is 5.75 Å². The molecule has 0 fully saturated rings. The molecule has 0 saturated carbocycles. The third kappa shape index (κ3) is 4.59. The first-order valence-corrected chi connectivity index (χ1v) is 5.90. The molecule has 6 nitrogen and oxygen atoms in total.